The van der Waals surface area contributed by atoms with E-state index in [4.69, 9.17) is 21.3 Å². The highest BCUT2D eigenvalue weighted by atomic mass is 35.5. The summed E-state index contributed by atoms with van der Waals surface area (Å²) in [5.74, 6) is 1.37. The van der Waals surface area contributed by atoms with E-state index in [0.717, 1.165) is 32.5 Å². The van der Waals surface area contributed by atoms with Crippen LogP contribution in [-0.4, -0.2) is 64.3 Å². The summed E-state index contributed by atoms with van der Waals surface area (Å²) in [5.41, 5.74) is 0.445. The largest absolute Gasteiger partial charge is 0.461 e. The fourth-order valence-corrected chi connectivity index (χ4v) is 6.36. The molecule has 5 heterocycles. The molecule has 0 N–H and O–H groups in total. The third-order valence-electron chi connectivity index (χ3n) is 7.90. The molecule has 0 bridgehead atoms. The topological polar surface area (TPSA) is 54.4 Å². The van der Waals surface area contributed by atoms with Crippen LogP contribution in [-0.2, 0) is 0 Å². The van der Waals surface area contributed by atoms with Gasteiger partial charge in [-0.3, -0.25) is 4.90 Å². The summed E-state index contributed by atoms with van der Waals surface area (Å²) in [6.07, 6.45) is 4.02. The van der Waals surface area contributed by atoms with E-state index < -0.39 is 12.0 Å². The zero-order chi connectivity index (χ0) is 21.3. The maximum atomic E-state index is 15.0. The van der Waals surface area contributed by atoms with Crippen molar-refractivity contribution < 1.29 is 13.5 Å². The third kappa shape index (κ3) is 3.09. The van der Waals surface area contributed by atoms with E-state index in [1.54, 1.807) is 6.92 Å². The number of aryl methyl sites for hydroxylation is 1. The molecule has 2 aromatic heterocycles. The number of anilines is 1. The Bertz CT molecular complexity index is 1040. The van der Waals surface area contributed by atoms with Crippen molar-refractivity contribution in [3.63, 3.8) is 0 Å². The van der Waals surface area contributed by atoms with Gasteiger partial charge in [0.2, 0.25) is 0 Å². The van der Waals surface area contributed by atoms with Gasteiger partial charge in [-0.2, -0.15) is 9.97 Å². The highest BCUT2D eigenvalue weighted by Crippen LogP contribution is 2.44. The Morgan fingerprint density at radius 2 is 1.94 bits per heavy atom. The standard InChI is InChI=1S/C22H26ClF2N5O/c1-12-16-18(17(25)19(23)26-12)27-21(28-20(16)29-8-13-3-4-14(13)9-29)31-11-22-5-2-6-30(22)10-15(24)7-22/h13-15H,2-11H2,1H3/t13?,14?,15-,22+/m1/s1. The molecule has 1 aliphatic carbocycles. The van der Waals surface area contributed by atoms with Gasteiger partial charge in [-0.1, -0.05) is 11.6 Å². The Hall–Kier alpha value is -1.80. The summed E-state index contributed by atoms with van der Waals surface area (Å²) in [5, 5.41) is 0.402. The van der Waals surface area contributed by atoms with E-state index in [-0.39, 0.29) is 22.2 Å². The molecule has 3 aliphatic heterocycles. The quantitative estimate of drug-likeness (QED) is 0.659. The van der Waals surface area contributed by atoms with Gasteiger partial charge in [0.05, 0.1) is 16.6 Å². The van der Waals surface area contributed by atoms with E-state index >= 15 is 0 Å². The molecule has 2 unspecified atom stereocenters. The fraction of sp³-hybridized carbons (Fsp3) is 0.682. The number of aromatic nitrogens is 3. The Labute approximate surface area is 184 Å². The Morgan fingerprint density at radius 3 is 2.68 bits per heavy atom. The minimum atomic E-state index is -0.831. The molecule has 6 rings (SSSR count). The summed E-state index contributed by atoms with van der Waals surface area (Å²) in [7, 11) is 0. The number of hydrogen-bond acceptors (Lipinski definition) is 6. The molecule has 4 fully saturated rings. The number of rotatable bonds is 4. The van der Waals surface area contributed by atoms with Crippen LogP contribution in [0, 0.1) is 24.6 Å². The lowest BCUT2D eigenvalue weighted by Crippen LogP contribution is -2.43. The number of nitrogens with zero attached hydrogens (tertiary/aromatic N) is 5. The number of pyridine rings is 1. The van der Waals surface area contributed by atoms with Gasteiger partial charge >= 0.3 is 6.01 Å². The smallest absolute Gasteiger partial charge is 0.319 e. The molecule has 9 heteroatoms. The average Bonchev–Trinajstić information content (AvgIpc) is 3.34. The summed E-state index contributed by atoms with van der Waals surface area (Å²) < 4.78 is 35.2. The van der Waals surface area contributed by atoms with E-state index in [1.807, 2.05) is 0 Å². The second-order valence-corrected chi connectivity index (χ2v) is 10.1. The van der Waals surface area contributed by atoms with Gasteiger partial charge in [-0.25, -0.2) is 13.8 Å². The molecular formula is C22H26ClF2N5O. The normalized spacial score (nSPS) is 32.4. The lowest BCUT2D eigenvalue weighted by atomic mass is 9.77. The molecule has 4 aliphatic rings. The second kappa shape index (κ2) is 7.10. The van der Waals surface area contributed by atoms with Crippen molar-refractivity contribution in [3.05, 3.63) is 16.7 Å². The number of hydrogen-bond donors (Lipinski definition) is 0. The van der Waals surface area contributed by atoms with Crippen LogP contribution in [0.25, 0.3) is 10.9 Å². The number of halogens is 3. The van der Waals surface area contributed by atoms with Gasteiger partial charge in [0.15, 0.2) is 11.0 Å². The lowest BCUT2D eigenvalue weighted by Gasteiger charge is -2.31. The van der Waals surface area contributed by atoms with E-state index in [9.17, 15) is 8.78 Å². The molecule has 0 amide bonds. The van der Waals surface area contributed by atoms with Crippen LogP contribution in [0.4, 0.5) is 14.6 Å². The van der Waals surface area contributed by atoms with Crippen molar-refractivity contribution in [2.24, 2.45) is 11.8 Å². The van der Waals surface area contributed by atoms with Crippen LogP contribution in [0.3, 0.4) is 0 Å². The van der Waals surface area contributed by atoms with Gasteiger partial charge in [-0.05, 0) is 51.0 Å². The highest BCUT2D eigenvalue weighted by Gasteiger charge is 2.49. The molecule has 0 spiro atoms. The van der Waals surface area contributed by atoms with Crippen molar-refractivity contribution >= 4 is 28.3 Å². The van der Waals surface area contributed by atoms with E-state index in [1.165, 1.54) is 12.8 Å². The number of alkyl halides is 1. The highest BCUT2D eigenvalue weighted by molar-refractivity contribution is 6.30. The van der Waals surface area contributed by atoms with Crippen LogP contribution < -0.4 is 9.64 Å². The lowest BCUT2D eigenvalue weighted by molar-refractivity contribution is 0.107. The Morgan fingerprint density at radius 1 is 1.16 bits per heavy atom. The average molecular weight is 450 g/mol. The maximum absolute atomic E-state index is 15.0. The zero-order valence-electron chi connectivity index (χ0n) is 17.6. The van der Waals surface area contributed by atoms with Crippen molar-refractivity contribution in [2.45, 2.75) is 50.7 Å². The predicted octanol–water partition coefficient (Wildman–Crippen LogP) is 3.93. The molecule has 0 radical (unpaired) electrons. The monoisotopic (exact) mass is 449 g/mol. The maximum Gasteiger partial charge on any atom is 0.319 e. The first-order valence-corrected chi connectivity index (χ1v) is 11.6. The zero-order valence-corrected chi connectivity index (χ0v) is 18.3. The van der Waals surface area contributed by atoms with Crippen molar-refractivity contribution in [1.29, 1.82) is 0 Å². The van der Waals surface area contributed by atoms with Crippen molar-refractivity contribution in [3.8, 4) is 6.01 Å². The van der Waals surface area contributed by atoms with Crippen molar-refractivity contribution in [2.75, 3.05) is 37.7 Å². The van der Waals surface area contributed by atoms with Crippen LogP contribution in [0.2, 0.25) is 5.15 Å². The first-order valence-electron chi connectivity index (χ1n) is 11.2. The van der Waals surface area contributed by atoms with Crippen LogP contribution >= 0.6 is 11.6 Å². The molecule has 2 aromatic rings. The molecule has 4 atom stereocenters. The van der Waals surface area contributed by atoms with Crippen LogP contribution in [0.15, 0.2) is 0 Å². The van der Waals surface area contributed by atoms with Crippen LogP contribution in [0.5, 0.6) is 6.01 Å². The SMILES string of the molecule is Cc1nc(Cl)c(F)c2nc(OC[C@@]34CCCN3C[C@H](F)C4)nc(N3CC4CCC4C3)c12. The Kier molecular flexibility index (Phi) is 4.55. The van der Waals surface area contributed by atoms with Gasteiger partial charge in [-0.15, -0.1) is 0 Å². The Balaban J connectivity index is 1.38. The number of ether oxygens (including phenoxy) is 1. The first kappa shape index (κ1) is 19.9. The fourth-order valence-electron chi connectivity index (χ4n) is 6.14. The van der Waals surface area contributed by atoms with Gasteiger partial charge < -0.3 is 9.64 Å². The van der Waals surface area contributed by atoms with Gasteiger partial charge in [0.25, 0.3) is 0 Å². The molecule has 6 nitrogen and oxygen atoms in total. The first-order chi connectivity index (χ1) is 14.9. The number of fused-ring (bicyclic) bond motifs is 3. The van der Waals surface area contributed by atoms with E-state index in [0.29, 0.717) is 48.3 Å². The molecule has 31 heavy (non-hydrogen) atoms. The minimum Gasteiger partial charge on any atom is -0.461 e. The molecule has 0 aromatic carbocycles. The molecule has 166 valence electrons. The molecule has 3 saturated heterocycles. The van der Waals surface area contributed by atoms with Crippen molar-refractivity contribution in [1.82, 2.24) is 19.9 Å². The minimum absolute atomic E-state index is 0.130. The summed E-state index contributed by atoms with van der Waals surface area (Å²) in [6, 6.07) is 0.130. The predicted molar refractivity (Wildman–Crippen MR) is 114 cm³/mol. The van der Waals surface area contributed by atoms with Gasteiger partial charge in [0.1, 0.15) is 24.1 Å². The molecular weight excluding hydrogens is 424 g/mol. The summed E-state index contributed by atoms with van der Waals surface area (Å²) in [4.78, 5) is 17.7. The van der Waals surface area contributed by atoms with Crippen LogP contribution in [0.1, 0.15) is 37.8 Å². The van der Waals surface area contributed by atoms with E-state index in [2.05, 4.69) is 19.8 Å². The van der Waals surface area contributed by atoms with Gasteiger partial charge in [0, 0.05) is 26.1 Å². The summed E-state index contributed by atoms with van der Waals surface area (Å²) in [6.45, 7) is 5.27. The third-order valence-corrected chi connectivity index (χ3v) is 8.15. The second-order valence-electron chi connectivity index (χ2n) is 9.72. The molecule has 1 saturated carbocycles. The summed E-state index contributed by atoms with van der Waals surface area (Å²) >= 11 is 6.03.